The van der Waals surface area contributed by atoms with Crippen LogP contribution in [-0.4, -0.2) is 22.8 Å². The minimum Gasteiger partial charge on any atom is -0.508 e. The number of hydrogen-bond donors (Lipinski definition) is 2. The number of rotatable bonds is 4. The van der Waals surface area contributed by atoms with Gasteiger partial charge in [0.1, 0.15) is 18.3 Å². The van der Waals surface area contributed by atoms with Crippen LogP contribution in [0.1, 0.15) is 29.7 Å². The lowest BCUT2D eigenvalue weighted by atomic mass is 9.88. The van der Waals surface area contributed by atoms with Crippen molar-refractivity contribution in [3.63, 3.8) is 0 Å². The number of ether oxygens (including phenoxy) is 1. The van der Waals surface area contributed by atoms with Gasteiger partial charge in [-0.15, -0.1) is 0 Å². The summed E-state index contributed by atoms with van der Waals surface area (Å²) in [5, 5.41) is 12.4. The first-order chi connectivity index (χ1) is 12.4. The molecule has 0 saturated heterocycles. The van der Waals surface area contributed by atoms with E-state index < -0.39 is 24.0 Å². The predicted molar refractivity (Wildman–Crippen MR) is 97.0 cm³/mol. The Bertz CT molecular complexity index is 858. The molecule has 2 atom stereocenters. The van der Waals surface area contributed by atoms with Crippen LogP contribution in [0.2, 0.25) is 0 Å². The number of phenolic OH excluding ortho intramolecular Hbond substituents is 1. The van der Waals surface area contributed by atoms with Gasteiger partial charge in [-0.3, -0.25) is 4.79 Å². The molecule has 3 rings (SSSR count). The molecule has 2 aromatic rings. The van der Waals surface area contributed by atoms with Crippen molar-refractivity contribution in [3.8, 4) is 5.75 Å². The third-order valence-electron chi connectivity index (χ3n) is 4.33. The van der Waals surface area contributed by atoms with E-state index in [0.717, 1.165) is 11.1 Å². The highest BCUT2D eigenvalue weighted by Crippen LogP contribution is 2.30. The quantitative estimate of drug-likeness (QED) is 0.827. The molecule has 2 amide bonds. The first-order valence-corrected chi connectivity index (χ1v) is 8.31. The Labute approximate surface area is 151 Å². The number of aliphatic imine (C=N–C) groups is 1. The molecule has 2 aromatic carbocycles. The van der Waals surface area contributed by atoms with Gasteiger partial charge in [-0.25, -0.2) is 9.79 Å². The first kappa shape index (κ1) is 17.7. The smallest absolute Gasteiger partial charge is 0.341 e. The molecule has 0 radical (unpaired) electrons. The average Bonchev–Trinajstić information content (AvgIpc) is 2.60. The van der Waals surface area contributed by atoms with Gasteiger partial charge in [-0.05, 0) is 37.1 Å². The SMILES string of the molecule is CC1=NC(=O)NC(c2cccc(O)c2)C1C(=O)OCc1ccc(C)cc1. The predicted octanol–water partition coefficient (Wildman–Crippen LogP) is 3.29. The van der Waals surface area contributed by atoms with E-state index in [9.17, 15) is 14.7 Å². The first-order valence-electron chi connectivity index (χ1n) is 8.31. The Balaban J connectivity index is 1.81. The summed E-state index contributed by atoms with van der Waals surface area (Å²) in [6, 6.07) is 13.0. The van der Waals surface area contributed by atoms with Crippen molar-refractivity contribution in [3.05, 3.63) is 65.2 Å². The number of urea groups is 1. The summed E-state index contributed by atoms with van der Waals surface area (Å²) in [6.07, 6.45) is 0. The fraction of sp³-hybridized carbons (Fsp3) is 0.250. The Morgan fingerprint density at radius 2 is 1.92 bits per heavy atom. The van der Waals surface area contributed by atoms with Gasteiger partial charge in [-0.2, -0.15) is 0 Å². The molecule has 2 unspecified atom stereocenters. The summed E-state index contributed by atoms with van der Waals surface area (Å²) in [5.41, 5.74) is 3.01. The maximum absolute atomic E-state index is 12.7. The molecule has 0 fully saturated rings. The maximum atomic E-state index is 12.7. The number of nitrogens with zero attached hydrogens (tertiary/aromatic N) is 1. The summed E-state index contributed by atoms with van der Waals surface area (Å²) in [5.74, 6) is -1.16. The molecule has 1 aliphatic heterocycles. The monoisotopic (exact) mass is 352 g/mol. The van der Waals surface area contributed by atoms with E-state index in [0.29, 0.717) is 11.3 Å². The van der Waals surface area contributed by atoms with Gasteiger partial charge in [0.15, 0.2) is 0 Å². The maximum Gasteiger partial charge on any atom is 0.341 e. The molecular weight excluding hydrogens is 332 g/mol. The lowest BCUT2D eigenvalue weighted by Crippen LogP contribution is -2.44. The van der Waals surface area contributed by atoms with Crippen LogP contribution in [0.5, 0.6) is 5.75 Å². The van der Waals surface area contributed by atoms with Crippen molar-refractivity contribution < 1.29 is 19.4 Å². The fourth-order valence-electron chi connectivity index (χ4n) is 2.95. The number of aromatic hydroxyl groups is 1. The second kappa shape index (κ2) is 7.39. The molecule has 6 nitrogen and oxygen atoms in total. The molecule has 1 heterocycles. The molecule has 6 heteroatoms. The molecule has 0 bridgehead atoms. The number of amides is 2. The Morgan fingerprint density at radius 3 is 2.62 bits per heavy atom. The topological polar surface area (TPSA) is 88.0 Å². The van der Waals surface area contributed by atoms with Crippen LogP contribution < -0.4 is 5.32 Å². The van der Waals surface area contributed by atoms with Gasteiger partial charge < -0.3 is 15.2 Å². The van der Waals surface area contributed by atoms with Crippen molar-refractivity contribution in [1.29, 1.82) is 0 Å². The number of aryl methyl sites for hydroxylation is 1. The molecule has 0 aromatic heterocycles. The second-order valence-electron chi connectivity index (χ2n) is 6.35. The van der Waals surface area contributed by atoms with Gasteiger partial charge in [0.25, 0.3) is 0 Å². The molecule has 0 spiro atoms. The molecule has 0 saturated carbocycles. The Hall–Kier alpha value is -3.15. The van der Waals surface area contributed by atoms with E-state index in [1.807, 2.05) is 31.2 Å². The summed E-state index contributed by atoms with van der Waals surface area (Å²) in [4.78, 5) is 28.4. The average molecular weight is 352 g/mol. The highest BCUT2D eigenvalue weighted by atomic mass is 16.5. The zero-order valence-electron chi connectivity index (χ0n) is 14.6. The third-order valence-corrected chi connectivity index (χ3v) is 4.33. The summed E-state index contributed by atoms with van der Waals surface area (Å²) in [6.45, 7) is 3.76. The Kier molecular flexibility index (Phi) is 5.02. The molecule has 26 heavy (non-hydrogen) atoms. The van der Waals surface area contributed by atoms with Crippen LogP contribution >= 0.6 is 0 Å². The highest BCUT2D eigenvalue weighted by molar-refractivity contribution is 6.08. The number of carbonyl (C=O) groups is 2. The van der Waals surface area contributed by atoms with E-state index in [-0.39, 0.29) is 12.4 Å². The lowest BCUT2D eigenvalue weighted by Gasteiger charge is -2.29. The highest BCUT2D eigenvalue weighted by Gasteiger charge is 2.38. The van der Waals surface area contributed by atoms with Gasteiger partial charge >= 0.3 is 12.0 Å². The van der Waals surface area contributed by atoms with Crippen LogP contribution in [-0.2, 0) is 16.1 Å². The Morgan fingerprint density at radius 1 is 1.19 bits per heavy atom. The number of esters is 1. The van der Waals surface area contributed by atoms with Crippen LogP contribution in [0.3, 0.4) is 0 Å². The van der Waals surface area contributed by atoms with Crippen LogP contribution in [0.15, 0.2) is 53.5 Å². The summed E-state index contributed by atoms with van der Waals surface area (Å²) in [7, 11) is 0. The van der Waals surface area contributed by atoms with E-state index in [2.05, 4.69) is 10.3 Å². The van der Waals surface area contributed by atoms with Gasteiger partial charge in [0.05, 0.1) is 6.04 Å². The van der Waals surface area contributed by atoms with Crippen LogP contribution in [0.4, 0.5) is 4.79 Å². The number of nitrogens with one attached hydrogen (secondary N) is 1. The fourth-order valence-corrected chi connectivity index (χ4v) is 2.95. The minimum atomic E-state index is -0.750. The minimum absolute atomic E-state index is 0.0590. The molecule has 0 aliphatic carbocycles. The standard InChI is InChI=1S/C20H20N2O4/c1-12-6-8-14(9-7-12)11-26-19(24)17-13(2)21-20(25)22-18(17)15-4-3-5-16(23)10-15/h3-10,17-18,23H,11H2,1-2H3,(H,22,25). The van der Waals surface area contributed by atoms with E-state index in [1.54, 1.807) is 19.1 Å². The van der Waals surface area contributed by atoms with E-state index in [1.165, 1.54) is 12.1 Å². The zero-order valence-corrected chi connectivity index (χ0v) is 14.6. The number of carbonyl (C=O) groups excluding carboxylic acids is 2. The molecule has 134 valence electrons. The largest absolute Gasteiger partial charge is 0.508 e. The molecule has 1 aliphatic rings. The van der Waals surface area contributed by atoms with Crippen LogP contribution in [0.25, 0.3) is 0 Å². The van der Waals surface area contributed by atoms with Crippen molar-refractivity contribution in [2.75, 3.05) is 0 Å². The summed E-state index contributed by atoms with van der Waals surface area (Å²) < 4.78 is 5.46. The normalized spacial score (nSPS) is 19.5. The molecular formula is C20H20N2O4. The van der Waals surface area contributed by atoms with Gasteiger partial charge in [0.2, 0.25) is 0 Å². The lowest BCUT2D eigenvalue weighted by molar-refractivity contribution is -0.148. The summed E-state index contributed by atoms with van der Waals surface area (Å²) >= 11 is 0. The molecule has 2 N–H and O–H groups in total. The number of phenols is 1. The van der Waals surface area contributed by atoms with Gasteiger partial charge in [0, 0.05) is 5.71 Å². The number of hydrogen-bond acceptors (Lipinski definition) is 4. The van der Waals surface area contributed by atoms with Gasteiger partial charge in [-0.1, -0.05) is 42.0 Å². The van der Waals surface area contributed by atoms with Crippen molar-refractivity contribution in [2.45, 2.75) is 26.5 Å². The van der Waals surface area contributed by atoms with Crippen molar-refractivity contribution in [1.82, 2.24) is 5.32 Å². The number of benzene rings is 2. The van der Waals surface area contributed by atoms with Crippen molar-refractivity contribution in [2.24, 2.45) is 10.9 Å². The van der Waals surface area contributed by atoms with Crippen molar-refractivity contribution >= 4 is 17.7 Å². The zero-order chi connectivity index (χ0) is 18.7. The second-order valence-corrected chi connectivity index (χ2v) is 6.35. The third kappa shape index (κ3) is 3.91. The van der Waals surface area contributed by atoms with E-state index >= 15 is 0 Å². The van der Waals surface area contributed by atoms with Crippen LogP contribution in [0, 0.1) is 12.8 Å². The van der Waals surface area contributed by atoms with E-state index in [4.69, 9.17) is 4.74 Å².